The van der Waals surface area contributed by atoms with Crippen LogP contribution in [0.15, 0.2) is 30.3 Å². The first-order valence-electron chi connectivity index (χ1n) is 5.77. The van der Waals surface area contributed by atoms with Crippen LogP contribution in [0.3, 0.4) is 0 Å². The number of rotatable bonds is 2. The Morgan fingerprint density at radius 3 is 2.59 bits per heavy atom. The highest BCUT2D eigenvalue weighted by Gasteiger charge is 2.25. The van der Waals surface area contributed by atoms with Crippen molar-refractivity contribution in [2.45, 2.75) is 13.0 Å². The molecule has 1 aromatic rings. The average molecular weight is 232 g/mol. The standard InChI is InChI=1S/C13H16N2O2/c1-11-9-14(7-8-15(11)10-16)13(17)12-5-3-2-4-6-12/h2-6,10-11H,7-9H2,1H3/t11-/m1/s1. The molecule has 0 bridgehead atoms. The van der Waals surface area contributed by atoms with E-state index in [0.29, 0.717) is 25.2 Å². The fourth-order valence-corrected chi connectivity index (χ4v) is 2.08. The number of hydrogen-bond donors (Lipinski definition) is 0. The van der Waals surface area contributed by atoms with Crippen molar-refractivity contribution in [1.82, 2.24) is 9.80 Å². The van der Waals surface area contributed by atoms with Gasteiger partial charge < -0.3 is 9.80 Å². The Morgan fingerprint density at radius 2 is 2.00 bits per heavy atom. The second-order valence-electron chi connectivity index (χ2n) is 4.31. The molecular formula is C13H16N2O2. The molecule has 1 aliphatic rings. The van der Waals surface area contributed by atoms with Crippen molar-refractivity contribution >= 4 is 12.3 Å². The zero-order valence-electron chi connectivity index (χ0n) is 9.87. The van der Waals surface area contributed by atoms with E-state index in [1.165, 1.54) is 0 Å². The molecule has 1 atom stereocenters. The number of carbonyl (C=O) groups excluding carboxylic acids is 2. The van der Waals surface area contributed by atoms with E-state index < -0.39 is 0 Å². The molecule has 0 spiro atoms. The lowest BCUT2D eigenvalue weighted by molar-refractivity contribution is -0.121. The van der Waals surface area contributed by atoms with Gasteiger partial charge in [-0.15, -0.1) is 0 Å². The highest BCUT2D eigenvalue weighted by atomic mass is 16.2. The maximum Gasteiger partial charge on any atom is 0.253 e. The zero-order valence-corrected chi connectivity index (χ0v) is 9.87. The Morgan fingerprint density at radius 1 is 1.29 bits per heavy atom. The molecular weight excluding hydrogens is 216 g/mol. The average Bonchev–Trinajstić information content (AvgIpc) is 2.39. The summed E-state index contributed by atoms with van der Waals surface area (Å²) in [6.07, 6.45) is 0.856. The molecule has 1 saturated heterocycles. The Hall–Kier alpha value is -1.84. The molecule has 2 amide bonds. The third kappa shape index (κ3) is 2.46. The Kier molecular flexibility index (Phi) is 3.42. The van der Waals surface area contributed by atoms with Crippen molar-refractivity contribution < 1.29 is 9.59 Å². The van der Waals surface area contributed by atoms with E-state index in [1.807, 2.05) is 37.3 Å². The normalized spacial score (nSPS) is 20.2. The van der Waals surface area contributed by atoms with Crippen LogP contribution in [-0.4, -0.2) is 47.8 Å². The maximum atomic E-state index is 12.2. The fraction of sp³-hybridized carbons (Fsp3) is 0.385. The second kappa shape index (κ2) is 4.99. The van der Waals surface area contributed by atoms with Gasteiger partial charge in [0, 0.05) is 31.2 Å². The van der Waals surface area contributed by atoms with Gasteiger partial charge in [-0.2, -0.15) is 0 Å². The summed E-state index contributed by atoms with van der Waals surface area (Å²) in [6, 6.07) is 9.34. The van der Waals surface area contributed by atoms with Gasteiger partial charge in [-0.3, -0.25) is 9.59 Å². The molecule has 0 aliphatic carbocycles. The highest BCUT2D eigenvalue weighted by Crippen LogP contribution is 2.11. The maximum absolute atomic E-state index is 12.2. The van der Waals surface area contributed by atoms with Gasteiger partial charge in [0.1, 0.15) is 0 Å². The van der Waals surface area contributed by atoms with Crippen LogP contribution >= 0.6 is 0 Å². The Labute approximate surface area is 101 Å². The van der Waals surface area contributed by atoms with E-state index in [-0.39, 0.29) is 11.9 Å². The molecule has 0 N–H and O–H groups in total. The summed E-state index contributed by atoms with van der Waals surface area (Å²) in [4.78, 5) is 26.4. The number of benzene rings is 1. The Bertz CT molecular complexity index is 405. The van der Waals surface area contributed by atoms with E-state index in [0.717, 1.165) is 6.41 Å². The number of nitrogens with zero attached hydrogens (tertiary/aromatic N) is 2. The zero-order chi connectivity index (χ0) is 12.3. The topological polar surface area (TPSA) is 40.6 Å². The summed E-state index contributed by atoms with van der Waals surface area (Å²) in [7, 11) is 0. The lowest BCUT2D eigenvalue weighted by Gasteiger charge is -2.37. The lowest BCUT2D eigenvalue weighted by atomic mass is 10.1. The van der Waals surface area contributed by atoms with Gasteiger partial charge in [-0.05, 0) is 19.1 Å². The molecule has 0 radical (unpaired) electrons. The molecule has 1 aliphatic heterocycles. The van der Waals surface area contributed by atoms with Gasteiger partial charge in [-0.25, -0.2) is 0 Å². The SMILES string of the molecule is C[C@@H]1CN(C(=O)c2ccccc2)CCN1C=O. The van der Waals surface area contributed by atoms with Crippen LogP contribution in [0.4, 0.5) is 0 Å². The van der Waals surface area contributed by atoms with E-state index in [2.05, 4.69) is 0 Å². The third-order valence-electron chi connectivity index (χ3n) is 3.12. The minimum Gasteiger partial charge on any atom is -0.339 e. The molecule has 90 valence electrons. The quantitative estimate of drug-likeness (QED) is 0.713. The molecule has 0 unspecified atom stereocenters. The predicted molar refractivity (Wildman–Crippen MR) is 64.6 cm³/mol. The minimum absolute atomic E-state index is 0.0444. The van der Waals surface area contributed by atoms with E-state index in [1.54, 1.807) is 9.80 Å². The van der Waals surface area contributed by atoms with Crippen molar-refractivity contribution in [3.8, 4) is 0 Å². The van der Waals surface area contributed by atoms with Crippen molar-refractivity contribution in [2.75, 3.05) is 19.6 Å². The first kappa shape index (κ1) is 11.6. The summed E-state index contributed by atoms with van der Waals surface area (Å²) >= 11 is 0. The molecule has 17 heavy (non-hydrogen) atoms. The summed E-state index contributed by atoms with van der Waals surface area (Å²) in [6.45, 7) is 3.78. The highest BCUT2D eigenvalue weighted by molar-refractivity contribution is 5.94. The molecule has 2 rings (SSSR count). The van der Waals surface area contributed by atoms with Crippen LogP contribution in [0, 0.1) is 0 Å². The van der Waals surface area contributed by atoms with Crippen LogP contribution < -0.4 is 0 Å². The summed E-state index contributed by atoms with van der Waals surface area (Å²) in [5.41, 5.74) is 0.708. The number of carbonyl (C=O) groups is 2. The number of amides is 2. The van der Waals surface area contributed by atoms with Gasteiger partial charge >= 0.3 is 0 Å². The van der Waals surface area contributed by atoms with Crippen molar-refractivity contribution in [3.63, 3.8) is 0 Å². The van der Waals surface area contributed by atoms with E-state index in [9.17, 15) is 9.59 Å². The summed E-state index contributed by atoms with van der Waals surface area (Å²) in [5.74, 6) is 0.0444. The van der Waals surface area contributed by atoms with Gasteiger partial charge in [0.2, 0.25) is 6.41 Å². The number of piperazine rings is 1. The van der Waals surface area contributed by atoms with Gasteiger partial charge in [0.15, 0.2) is 0 Å². The van der Waals surface area contributed by atoms with Crippen LogP contribution in [-0.2, 0) is 4.79 Å². The monoisotopic (exact) mass is 232 g/mol. The molecule has 0 saturated carbocycles. The van der Waals surface area contributed by atoms with Crippen LogP contribution in [0.5, 0.6) is 0 Å². The first-order chi connectivity index (χ1) is 8.22. The number of hydrogen-bond acceptors (Lipinski definition) is 2. The summed E-state index contributed by atoms with van der Waals surface area (Å²) in [5, 5.41) is 0. The fourth-order valence-electron chi connectivity index (χ4n) is 2.08. The van der Waals surface area contributed by atoms with Crippen molar-refractivity contribution in [2.24, 2.45) is 0 Å². The molecule has 4 heteroatoms. The molecule has 1 fully saturated rings. The summed E-state index contributed by atoms with van der Waals surface area (Å²) < 4.78 is 0. The van der Waals surface area contributed by atoms with E-state index >= 15 is 0 Å². The van der Waals surface area contributed by atoms with Crippen molar-refractivity contribution in [3.05, 3.63) is 35.9 Å². The third-order valence-corrected chi connectivity index (χ3v) is 3.12. The Balaban J connectivity index is 2.05. The molecule has 1 aromatic carbocycles. The van der Waals surface area contributed by atoms with E-state index in [4.69, 9.17) is 0 Å². The van der Waals surface area contributed by atoms with Gasteiger partial charge in [-0.1, -0.05) is 18.2 Å². The molecule has 4 nitrogen and oxygen atoms in total. The van der Waals surface area contributed by atoms with Crippen molar-refractivity contribution in [1.29, 1.82) is 0 Å². The van der Waals surface area contributed by atoms with Crippen LogP contribution in [0.2, 0.25) is 0 Å². The minimum atomic E-state index is 0.0444. The van der Waals surface area contributed by atoms with Gasteiger partial charge in [0.05, 0.1) is 0 Å². The smallest absolute Gasteiger partial charge is 0.253 e. The first-order valence-corrected chi connectivity index (χ1v) is 5.77. The van der Waals surface area contributed by atoms with Gasteiger partial charge in [0.25, 0.3) is 5.91 Å². The second-order valence-corrected chi connectivity index (χ2v) is 4.31. The largest absolute Gasteiger partial charge is 0.339 e. The van der Waals surface area contributed by atoms with Crippen LogP contribution in [0.1, 0.15) is 17.3 Å². The lowest BCUT2D eigenvalue weighted by Crippen LogP contribution is -2.52. The molecule has 1 heterocycles. The van der Waals surface area contributed by atoms with Crippen LogP contribution in [0.25, 0.3) is 0 Å². The predicted octanol–water partition coefficient (Wildman–Crippen LogP) is 0.989. The molecule has 0 aromatic heterocycles.